The Bertz CT molecular complexity index is 902. The molecule has 1 aliphatic heterocycles. The maximum absolute atomic E-state index is 12.4. The zero-order valence-electron chi connectivity index (χ0n) is 14.0. The van der Waals surface area contributed by atoms with Crippen molar-refractivity contribution in [2.24, 2.45) is 5.16 Å². The standard InChI is InChI=1S/C12H15N5O8S2.Na.H/c1-5(18)25-3-7-9(11(20)17(7)27(21,22)23)15-10(19)8(16-24-2)6-4-26-12(13)14-6;;/h4,7,9H,3H2,1-2H3,(H2,13,14)(H,15,19)(H,21,22,23);;/b16-8+;;. The number of β-lactam (4-membered cyclic amide) rings is 1. The van der Waals surface area contributed by atoms with Crippen LogP contribution in [0.1, 0.15) is 12.6 Å². The molecule has 0 bridgehead atoms. The van der Waals surface area contributed by atoms with E-state index in [1.54, 1.807) is 0 Å². The number of esters is 1. The molecule has 0 radical (unpaired) electrons. The van der Waals surface area contributed by atoms with Gasteiger partial charge in [-0.3, -0.25) is 18.9 Å². The summed E-state index contributed by atoms with van der Waals surface area (Å²) < 4.78 is 36.5. The van der Waals surface area contributed by atoms with Gasteiger partial charge in [0.2, 0.25) is 0 Å². The summed E-state index contributed by atoms with van der Waals surface area (Å²) in [4.78, 5) is 43.9. The van der Waals surface area contributed by atoms with Crippen molar-refractivity contribution in [2.45, 2.75) is 19.0 Å². The maximum atomic E-state index is 12.4. The second-order valence-electron chi connectivity index (χ2n) is 5.13. The normalized spacial score (nSPS) is 19.3. The fourth-order valence-corrected chi connectivity index (χ4v) is 3.64. The van der Waals surface area contributed by atoms with Crippen LogP contribution in [0, 0.1) is 0 Å². The fourth-order valence-electron chi connectivity index (χ4n) is 2.23. The number of nitrogens with one attached hydrogen (secondary N) is 1. The van der Waals surface area contributed by atoms with Crippen LogP contribution in [0.15, 0.2) is 10.5 Å². The van der Waals surface area contributed by atoms with Crippen LogP contribution >= 0.6 is 11.3 Å². The number of anilines is 1. The summed E-state index contributed by atoms with van der Waals surface area (Å²) in [6.45, 7) is 0.508. The zero-order chi connectivity index (χ0) is 20.4. The molecule has 2 unspecified atom stereocenters. The van der Waals surface area contributed by atoms with Crippen molar-refractivity contribution in [1.29, 1.82) is 0 Å². The first-order valence-electron chi connectivity index (χ1n) is 7.13. The van der Waals surface area contributed by atoms with Crippen molar-refractivity contribution < 1.29 is 36.9 Å². The first-order chi connectivity index (χ1) is 12.6. The van der Waals surface area contributed by atoms with Crippen LogP contribution in [0.5, 0.6) is 0 Å². The summed E-state index contributed by atoms with van der Waals surface area (Å²) in [6, 6.07) is -2.72. The van der Waals surface area contributed by atoms with Gasteiger partial charge in [-0.25, -0.2) is 9.29 Å². The number of hydrogen-bond donors (Lipinski definition) is 3. The summed E-state index contributed by atoms with van der Waals surface area (Å²) in [5.74, 6) is -2.77. The minimum atomic E-state index is -4.90. The van der Waals surface area contributed by atoms with Crippen LogP contribution in [0.3, 0.4) is 0 Å². The quantitative estimate of drug-likeness (QED) is 0.101. The van der Waals surface area contributed by atoms with Gasteiger partial charge in [0.15, 0.2) is 10.8 Å². The van der Waals surface area contributed by atoms with Gasteiger partial charge in [0.05, 0.1) is 0 Å². The van der Waals surface area contributed by atoms with E-state index in [0.717, 1.165) is 18.3 Å². The second kappa shape index (κ2) is 9.62. The summed E-state index contributed by atoms with van der Waals surface area (Å²) in [6.07, 6.45) is 0. The third kappa shape index (κ3) is 5.39. The zero-order valence-corrected chi connectivity index (χ0v) is 15.6. The molecule has 2 rings (SSSR count). The van der Waals surface area contributed by atoms with Gasteiger partial charge in [-0.1, -0.05) is 5.16 Å². The molecule has 0 aromatic carbocycles. The average Bonchev–Trinajstić information content (AvgIpc) is 2.98. The van der Waals surface area contributed by atoms with E-state index in [4.69, 9.17) is 10.3 Å². The number of amides is 2. The second-order valence-corrected chi connectivity index (χ2v) is 7.31. The van der Waals surface area contributed by atoms with Crippen LogP contribution < -0.4 is 11.1 Å². The predicted molar refractivity (Wildman–Crippen MR) is 98.0 cm³/mol. The van der Waals surface area contributed by atoms with E-state index >= 15 is 0 Å². The van der Waals surface area contributed by atoms with Gasteiger partial charge in [0, 0.05) is 12.3 Å². The SMILES string of the molecule is CO/N=C(/C(=O)NC1C(=O)N(S(=O)(=O)O)C1COC(C)=O)c1csc(N)n1.[NaH]. The molecule has 13 nitrogen and oxygen atoms in total. The van der Waals surface area contributed by atoms with Gasteiger partial charge in [0.1, 0.15) is 31.5 Å². The first-order valence-corrected chi connectivity index (χ1v) is 9.41. The minimum absolute atomic E-state index is 0. The van der Waals surface area contributed by atoms with E-state index < -0.39 is 46.8 Å². The third-order valence-corrected chi connectivity index (χ3v) is 4.95. The molecule has 28 heavy (non-hydrogen) atoms. The molecule has 2 amide bonds. The molecular formula is C12H16N5NaO8S2. The third-order valence-electron chi connectivity index (χ3n) is 3.32. The Balaban J connectivity index is 0.00000392. The molecule has 1 aliphatic rings. The van der Waals surface area contributed by atoms with Gasteiger partial charge < -0.3 is 20.6 Å². The number of carbonyl (C=O) groups excluding carboxylic acids is 3. The van der Waals surface area contributed by atoms with Gasteiger partial charge in [0.25, 0.3) is 11.8 Å². The molecule has 2 heterocycles. The molecule has 4 N–H and O–H groups in total. The van der Waals surface area contributed by atoms with Gasteiger partial charge >= 0.3 is 45.8 Å². The molecule has 0 aliphatic carbocycles. The van der Waals surface area contributed by atoms with E-state index in [1.807, 2.05) is 0 Å². The Hall–Kier alpha value is -1.78. The summed E-state index contributed by atoms with van der Waals surface area (Å²) in [5, 5.41) is 7.36. The summed E-state index contributed by atoms with van der Waals surface area (Å²) in [7, 11) is -3.72. The van der Waals surface area contributed by atoms with E-state index in [9.17, 15) is 22.8 Å². The molecule has 150 valence electrons. The Morgan fingerprint density at radius 3 is 2.61 bits per heavy atom. The Morgan fingerprint density at radius 2 is 2.14 bits per heavy atom. The van der Waals surface area contributed by atoms with Crippen molar-refractivity contribution in [1.82, 2.24) is 14.6 Å². The number of carbonyl (C=O) groups is 3. The Kier molecular flexibility index (Phi) is 8.33. The number of ether oxygens (including phenoxy) is 1. The van der Waals surface area contributed by atoms with Crippen molar-refractivity contribution in [3.8, 4) is 0 Å². The fraction of sp³-hybridized carbons (Fsp3) is 0.417. The number of oxime groups is 1. The predicted octanol–water partition coefficient (Wildman–Crippen LogP) is -2.51. The van der Waals surface area contributed by atoms with Crippen LogP contribution in [0.4, 0.5) is 5.13 Å². The van der Waals surface area contributed by atoms with Crippen molar-refractivity contribution in [3.05, 3.63) is 11.1 Å². The molecule has 16 heteroatoms. The number of nitrogen functional groups attached to an aromatic ring is 1. The summed E-state index contributed by atoms with van der Waals surface area (Å²) >= 11 is 1.04. The van der Waals surface area contributed by atoms with Crippen LogP contribution in [-0.4, -0.2) is 101 Å². The van der Waals surface area contributed by atoms with Crippen LogP contribution in [0.2, 0.25) is 0 Å². The van der Waals surface area contributed by atoms with E-state index in [0.29, 0.717) is 0 Å². The first kappa shape index (κ1) is 24.3. The molecule has 2 atom stereocenters. The van der Waals surface area contributed by atoms with E-state index in [1.165, 1.54) is 12.5 Å². The molecule has 1 fully saturated rings. The molecule has 0 saturated carbocycles. The van der Waals surface area contributed by atoms with Crippen molar-refractivity contribution in [3.63, 3.8) is 0 Å². The number of hydrogen-bond acceptors (Lipinski definition) is 11. The van der Waals surface area contributed by atoms with Crippen LogP contribution in [-0.2, 0) is 34.3 Å². The summed E-state index contributed by atoms with van der Waals surface area (Å²) in [5.41, 5.74) is 5.27. The molecule has 1 aromatic heterocycles. The van der Waals surface area contributed by atoms with Gasteiger partial charge in [-0.05, 0) is 0 Å². The Morgan fingerprint density at radius 1 is 1.50 bits per heavy atom. The number of nitrogens with two attached hydrogens (primary N) is 1. The number of nitrogens with zero attached hydrogens (tertiary/aromatic N) is 3. The number of rotatable bonds is 7. The number of thiazole rings is 1. The molecule has 1 aromatic rings. The Labute approximate surface area is 185 Å². The topological polar surface area (TPSA) is 191 Å². The van der Waals surface area contributed by atoms with E-state index in [2.05, 4.69) is 25.0 Å². The number of aromatic nitrogens is 1. The van der Waals surface area contributed by atoms with Gasteiger partial charge in [-0.15, -0.1) is 11.3 Å². The average molecular weight is 445 g/mol. The van der Waals surface area contributed by atoms with Gasteiger partial charge in [-0.2, -0.15) is 8.42 Å². The van der Waals surface area contributed by atoms with E-state index in [-0.39, 0.29) is 50.4 Å². The van der Waals surface area contributed by atoms with Crippen LogP contribution in [0.25, 0.3) is 0 Å². The molecule has 1 saturated heterocycles. The molecule has 0 spiro atoms. The molecular weight excluding hydrogens is 429 g/mol. The monoisotopic (exact) mass is 445 g/mol. The van der Waals surface area contributed by atoms with Crippen molar-refractivity contribution in [2.75, 3.05) is 19.5 Å². The van der Waals surface area contributed by atoms with Crippen molar-refractivity contribution >= 4 is 79.8 Å².